The quantitative estimate of drug-likeness (QED) is 0.771. The predicted molar refractivity (Wildman–Crippen MR) is 59.2 cm³/mol. The summed E-state index contributed by atoms with van der Waals surface area (Å²) in [5.41, 5.74) is 0.0562. The molecule has 0 radical (unpaired) electrons. The topological polar surface area (TPSA) is 54.4 Å². The van der Waals surface area contributed by atoms with Gasteiger partial charge < -0.3 is 5.11 Å². The summed E-state index contributed by atoms with van der Waals surface area (Å²) in [6.07, 6.45) is 1.17. The number of aromatic hydroxyl groups is 1. The fraction of sp³-hybridized carbons (Fsp3) is 0.385. The van der Waals surface area contributed by atoms with E-state index in [0.29, 0.717) is 19.3 Å². The molecule has 1 aromatic rings. The molecule has 0 saturated heterocycles. The molecule has 84 valence electrons. The van der Waals surface area contributed by atoms with Crippen molar-refractivity contribution in [2.24, 2.45) is 5.41 Å². The largest absolute Gasteiger partial charge is 0.508 e. The summed E-state index contributed by atoms with van der Waals surface area (Å²) in [5, 5.41) is 9.15. The summed E-state index contributed by atoms with van der Waals surface area (Å²) in [7, 11) is 0. The van der Waals surface area contributed by atoms with Gasteiger partial charge in [-0.25, -0.2) is 0 Å². The van der Waals surface area contributed by atoms with Gasteiger partial charge in [-0.2, -0.15) is 0 Å². The van der Waals surface area contributed by atoms with Crippen LogP contribution < -0.4 is 0 Å². The first-order valence-corrected chi connectivity index (χ1v) is 5.37. The maximum Gasteiger partial charge on any atom is 0.146 e. The maximum atomic E-state index is 11.7. The Morgan fingerprint density at radius 1 is 1.12 bits per heavy atom. The van der Waals surface area contributed by atoms with Crippen LogP contribution in [0.25, 0.3) is 0 Å². The third kappa shape index (κ3) is 1.73. The zero-order chi connectivity index (χ0) is 11.8. The van der Waals surface area contributed by atoms with Crippen LogP contribution in [0.4, 0.5) is 0 Å². The van der Waals surface area contributed by atoms with E-state index in [9.17, 15) is 9.59 Å². The molecule has 0 atom stereocenters. The molecule has 1 aliphatic rings. The van der Waals surface area contributed by atoms with Crippen molar-refractivity contribution >= 4 is 11.6 Å². The van der Waals surface area contributed by atoms with Gasteiger partial charge >= 0.3 is 0 Å². The third-order valence-electron chi connectivity index (χ3n) is 3.30. The van der Waals surface area contributed by atoms with Crippen molar-refractivity contribution in [2.45, 2.75) is 26.2 Å². The van der Waals surface area contributed by atoms with Gasteiger partial charge in [0, 0.05) is 12.8 Å². The molecule has 1 aromatic carbocycles. The molecule has 0 aliphatic heterocycles. The van der Waals surface area contributed by atoms with Crippen LogP contribution in [-0.2, 0) is 16.0 Å². The van der Waals surface area contributed by atoms with Gasteiger partial charge in [0.15, 0.2) is 0 Å². The van der Waals surface area contributed by atoms with Crippen molar-refractivity contribution in [3.05, 3.63) is 29.8 Å². The van der Waals surface area contributed by atoms with Gasteiger partial charge in [0.2, 0.25) is 0 Å². The fourth-order valence-corrected chi connectivity index (χ4v) is 2.15. The summed E-state index contributed by atoms with van der Waals surface area (Å²) in [6, 6.07) is 6.64. The minimum absolute atomic E-state index is 0.0329. The van der Waals surface area contributed by atoms with Crippen LogP contribution in [0.15, 0.2) is 24.3 Å². The van der Waals surface area contributed by atoms with Crippen molar-refractivity contribution in [1.29, 1.82) is 0 Å². The van der Waals surface area contributed by atoms with E-state index in [-0.39, 0.29) is 17.3 Å². The number of carbonyl (C=O) groups excluding carboxylic acids is 2. The lowest BCUT2D eigenvalue weighted by Gasteiger charge is -2.20. The van der Waals surface area contributed by atoms with E-state index in [0.717, 1.165) is 5.56 Å². The minimum atomic E-state index is -0.850. The lowest BCUT2D eigenvalue weighted by molar-refractivity contribution is -0.133. The first-order chi connectivity index (χ1) is 7.52. The van der Waals surface area contributed by atoms with E-state index in [1.165, 1.54) is 0 Å². The number of Topliss-reactive ketones (excluding diaryl/α,β-unsaturated/α-hetero) is 2. The van der Waals surface area contributed by atoms with Gasteiger partial charge in [0.1, 0.15) is 17.3 Å². The van der Waals surface area contributed by atoms with Gasteiger partial charge in [0.25, 0.3) is 0 Å². The smallest absolute Gasteiger partial charge is 0.146 e. The molecule has 16 heavy (non-hydrogen) atoms. The van der Waals surface area contributed by atoms with Crippen LogP contribution in [0.5, 0.6) is 5.75 Å². The van der Waals surface area contributed by atoms with Gasteiger partial charge in [-0.3, -0.25) is 9.59 Å². The summed E-state index contributed by atoms with van der Waals surface area (Å²) >= 11 is 0. The second-order valence-electron chi connectivity index (χ2n) is 4.52. The number of phenolic OH excluding ortho intramolecular Hbond substituents is 1. The number of carbonyl (C=O) groups is 2. The van der Waals surface area contributed by atoms with Crippen molar-refractivity contribution < 1.29 is 14.7 Å². The van der Waals surface area contributed by atoms with Gasteiger partial charge in [-0.1, -0.05) is 12.1 Å². The molecule has 0 amide bonds. The SMILES string of the molecule is CC1(Cc2ccc(O)cc2)C(=O)CCC1=O. The number of hydrogen-bond donors (Lipinski definition) is 1. The minimum Gasteiger partial charge on any atom is -0.508 e. The van der Waals surface area contributed by atoms with Gasteiger partial charge in [-0.05, 0) is 31.0 Å². The Kier molecular flexibility index (Phi) is 2.54. The highest BCUT2D eigenvalue weighted by atomic mass is 16.3. The van der Waals surface area contributed by atoms with Crippen LogP contribution in [0.2, 0.25) is 0 Å². The molecule has 1 saturated carbocycles. The van der Waals surface area contributed by atoms with Crippen LogP contribution in [0.1, 0.15) is 25.3 Å². The fourth-order valence-electron chi connectivity index (χ4n) is 2.15. The summed E-state index contributed by atoms with van der Waals surface area (Å²) in [6.45, 7) is 1.72. The Morgan fingerprint density at radius 3 is 2.12 bits per heavy atom. The van der Waals surface area contributed by atoms with E-state index in [4.69, 9.17) is 5.11 Å². The van der Waals surface area contributed by atoms with Crippen LogP contribution in [-0.4, -0.2) is 16.7 Å². The first kappa shape index (κ1) is 10.9. The highest BCUT2D eigenvalue weighted by molar-refractivity contribution is 6.12. The van der Waals surface area contributed by atoms with Crippen LogP contribution >= 0.6 is 0 Å². The number of rotatable bonds is 2. The predicted octanol–water partition coefficient (Wildman–Crippen LogP) is 1.87. The molecule has 3 heteroatoms. The number of ketones is 2. The molecule has 0 unspecified atom stereocenters. The molecule has 0 bridgehead atoms. The Bertz CT molecular complexity index is 415. The van der Waals surface area contributed by atoms with Crippen LogP contribution in [0.3, 0.4) is 0 Å². The van der Waals surface area contributed by atoms with E-state index in [1.54, 1.807) is 31.2 Å². The van der Waals surface area contributed by atoms with Crippen molar-refractivity contribution in [3.63, 3.8) is 0 Å². The highest BCUT2D eigenvalue weighted by Crippen LogP contribution is 2.34. The monoisotopic (exact) mass is 218 g/mol. The van der Waals surface area contributed by atoms with E-state index < -0.39 is 5.41 Å². The van der Waals surface area contributed by atoms with Crippen molar-refractivity contribution in [2.75, 3.05) is 0 Å². The summed E-state index contributed by atoms with van der Waals surface area (Å²) in [5.74, 6) is 0.258. The average Bonchev–Trinajstić information content (AvgIpc) is 2.50. The normalized spacial score (nSPS) is 19.1. The molecule has 0 spiro atoms. The summed E-state index contributed by atoms with van der Waals surface area (Å²) in [4.78, 5) is 23.4. The second-order valence-corrected chi connectivity index (χ2v) is 4.52. The van der Waals surface area contributed by atoms with Crippen molar-refractivity contribution in [3.8, 4) is 5.75 Å². The highest BCUT2D eigenvalue weighted by Gasteiger charge is 2.44. The third-order valence-corrected chi connectivity index (χ3v) is 3.30. The average molecular weight is 218 g/mol. The zero-order valence-electron chi connectivity index (χ0n) is 9.19. The maximum absolute atomic E-state index is 11.7. The van der Waals surface area contributed by atoms with Crippen molar-refractivity contribution in [1.82, 2.24) is 0 Å². The number of hydrogen-bond acceptors (Lipinski definition) is 3. The molecular weight excluding hydrogens is 204 g/mol. The molecule has 3 nitrogen and oxygen atoms in total. The Morgan fingerprint density at radius 2 is 1.62 bits per heavy atom. The van der Waals surface area contributed by atoms with E-state index in [2.05, 4.69) is 0 Å². The molecule has 1 fully saturated rings. The molecular formula is C13H14O3. The van der Waals surface area contributed by atoms with E-state index in [1.807, 2.05) is 0 Å². The molecule has 0 aromatic heterocycles. The second kappa shape index (κ2) is 3.74. The summed E-state index contributed by atoms with van der Waals surface area (Å²) < 4.78 is 0. The molecule has 0 heterocycles. The Labute approximate surface area is 94.1 Å². The Hall–Kier alpha value is -1.64. The number of phenols is 1. The molecule has 1 aliphatic carbocycles. The zero-order valence-corrected chi connectivity index (χ0v) is 9.19. The van der Waals surface area contributed by atoms with Gasteiger partial charge in [-0.15, -0.1) is 0 Å². The Balaban J connectivity index is 2.23. The van der Waals surface area contributed by atoms with E-state index >= 15 is 0 Å². The molecule has 1 N–H and O–H groups in total. The molecule has 2 rings (SSSR count). The van der Waals surface area contributed by atoms with Gasteiger partial charge in [0.05, 0.1) is 5.41 Å². The lowest BCUT2D eigenvalue weighted by atomic mass is 9.80. The first-order valence-electron chi connectivity index (χ1n) is 5.37. The van der Waals surface area contributed by atoms with Crippen LogP contribution in [0, 0.1) is 5.41 Å². The lowest BCUT2D eigenvalue weighted by Crippen LogP contribution is -2.31. The standard InChI is InChI=1S/C13H14O3/c1-13(11(15)6-7-12(13)16)8-9-2-4-10(14)5-3-9/h2-5,14H,6-8H2,1H3. The number of benzene rings is 1.